The van der Waals surface area contributed by atoms with Crippen LogP contribution in [0.4, 0.5) is 0 Å². The van der Waals surface area contributed by atoms with Gasteiger partial charge in [-0.25, -0.2) is 0 Å². The summed E-state index contributed by atoms with van der Waals surface area (Å²) in [6.45, 7) is 12.6. The molecule has 16 heavy (non-hydrogen) atoms. The second kappa shape index (κ2) is 14.3. The van der Waals surface area contributed by atoms with Crippen LogP contribution in [0.2, 0.25) is 0 Å². The molecule has 0 unspecified atom stereocenters. The van der Waals surface area contributed by atoms with Crippen LogP contribution < -0.4 is 0 Å². The van der Waals surface area contributed by atoms with Crippen LogP contribution in [0.25, 0.3) is 0 Å². The molecular formula is C15H30O. The zero-order valence-corrected chi connectivity index (χ0v) is 12.1. The SMILES string of the molecule is CC.CCC.CCCc1ccc(CCC)o1. The van der Waals surface area contributed by atoms with E-state index in [1.54, 1.807) is 0 Å². The molecular weight excluding hydrogens is 196 g/mol. The van der Waals surface area contributed by atoms with Crippen LogP contribution in [0.1, 0.15) is 72.3 Å². The summed E-state index contributed by atoms with van der Waals surface area (Å²) in [4.78, 5) is 0. The fraction of sp³-hybridized carbons (Fsp3) is 0.733. The zero-order valence-electron chi connectivity index (χ0n) is 12.1. The van der Waals surface area contributed by atoms with E-state index >= 15 is 0 Å². The minimum Gasteiger partial charge on any atom is -0.466 e. The van der Waals surface area contributed by atoms with E-state index in [0.29, 0.717) is 0 Å². The summed E-state index contributed by atoms with van der Waals surface area (Å²) in [5.41, 5.74) is 0. The van der Waals surface area contributed by atoms with Gasteiger partial charge in [0.15, 0.2) is 0 Å². The molecule has 0 spiro atoms. The number of rotatable bonds is 4. The van der Waals surface area contributed by atoms with Gasteiger partial charge in [-0.05, 0) is 25.0 Å². The molecule has 0 aliphatic heterocycles. The molecule has 1 heteroatoms. The summed E-state index contributed by atoms with van der Waals surface area (Å²) in [6.07, 6.45) is 5.73. The zero-order chi connectivity index (χ0) is 12.8. The number of hydrogen-bond acceptors (Lipinski definition) is 1. The summed E-state index contributed by atoms with van der Waals surface area (Å²) < 4.78 is 5.56. The molecule has 0 amide bonds. The van der Waals surface area contributed by atoms with E-state index in [9.17, 15) is 0 Å². The first kappa shape index (κ1) is 17.7. The number of aryl methyl sites for hydroxylation is 2. The Bertz CT molecular complexity index is 192. The van der Waals surface area contributed by atoms with E-state index < -0.39 is 0 Å². The highest BCUT2D eigenvalue weighted by atomic mass is 16.3. The molecule has 0 fully saturated rings. The molecule has 0 aromatic carbocycles. The summed E-state index contributed by atoms with van der Waals surface area (Å²) in [5, 5.41) is 0. The van der Waals surface area contributed by atoms with Crippen molar-refractivity contribution in [3.63, 3.8) is 0 Å². The van der Waals surface area contributed by atoms with Crippen LogP contribution >= 0.6 is 0 Å². The van der Waals surface area contributed by atoms with Crippen LogP contribution in [0, 0.1) is 0 Å². The Morgan fingerprint density at radius 1 is 0.812 bits per heavy atom. The van der Waals surface area contributed by atoms with Crippen molar-refractivity contribution in [1.29, 1.82) is 0 Å². The average molecular weight is 226 g/mol. The third kappa shape index (κ3) is 9.82. The predicted molar refractivity (Wildman–Crippen MR) is 74.0 cm³/mol. The van der Waals surface area contributed by atoms with Crippen molar-refractivity contribution in [2.24, 2.45) is 0 Å². The van der Waals surface area contributed by atoms with Crippen molar-refractivity contribution in [3.8, 4) is 0 Å². The molecule has 0 bridgehead atoms. The second-order valence-corrected chi connectivity index (χ2v) is 3.58. The van der Waals surface area contributed by atoms with E-state index in [1.807, 2.05) is 13.8 Å². The van der Waals surface area contributed by atoms with Gasteiger partial charge in [0.2, 0.25) is 0 Å². The average Bonchev–Trinajstić information content (AvgIpc) is 2.71. The van der Waals surface area contributed by atoms with E-state index in [-0.39, 0.29) is 0 Å². The molecule has 0 radical (unpaired) electrons. The lowest BCUT2D eigenvalue weighted by molar-refractivity contribution is 0.460. The Hall–Kier alpha value is -0.720. The first-order chi connectivity index (χ1) is 7.78. The Morgan fingerprint density at radius 2 is 1.12 bits per heavy atom. The first-order valence-corrected chi connectivity index (χ1v) is 6.85. The highest BCUT2D eigenvalue weighted by Crippen LogP contribution is 2.11. The van der Waals surface area contributed by atoms with Crippen LogP contribution in [0.15, 0.2) is 16.5 Å². The number of hydrogen-bond donors (Lipinski definition) is 0. The van der Waals surface area contributed by atoms with Crippen molar-refractivity contribution < 1.29 is 4.42 Å². The van der Waals surface area contributed by atoms with Gasteiger partial charge in [0.25, 0.3) is 0 Å². The lowest BCUT2D eigenvalue weighted by atomic mass is 10.2. The molecule has 1 aromatic heterocycles. The van der Waals surface area contributed by atoms with E-state index in [2.05, 4.69) is 39.8 Å². The maximum absolute atomic E-state index is 5.56. The first-order valence-electron chi connectivity index (χ1n) is 6.85. The summed E-state index contributed by atoms with van der Waals surface area (Å²) in [6, 6.07) is 4.18. The summed E-state index contributed by atoms with van der Waals surface area (Å²) in [7, 11) is 0. The standard InChI is InChI=1S/C10H16O.C3H8.C2H6/c1-3-5-9-7-8-10(11-9)6-4-2;1-3-2;1-2/h7-8H,3-6H2,1-2H3;3H2,1-2H3;1-2H3. The lowest BCUT2D eigenvalue weighted by Crippen LogP contribution is -1.78. The molecule has 0 aliphatic rings. The van der Waals surface area contributed by atoms with E-state index in [1.165, 1.54) is 19.3 Å². The predicted octanol–water partition coefficient (Wildman–Crippen LogP) is 5.63. The van der Waals surface area contributed by atoms with Crippen LogP contribution in [0.3, 0.4) is 0 Å². The molecule has 96 valence electrons. The van der Waals surface area contributed by atoms with E-state index in [4.69, 9.17) is 4.42 Å². The minimum atomic E-state index is 1.07. The highest BCUT2D eigenvalue weighted by molar-refractivity contribution is 5.07. The summed E-state index contributed by atoms with van der Waals surface area (Å²) in [5.74, 6) is 2.27. The van der Waals surface area contributed by atoms with Crippen LogP contribution in [-0.2, 0) is 12.8 Å². The van der Waals surface area contributed by atoms with Crippen LogP contribution in [-0.4, -0.2) is 0 Å². The molecule has 1 nitrogen and oxygen atoms in total. The van der Waals surface area contributed by atoms with Gasteiger partial charge in [0.05, 0.1) is 0 Å². The minimum absolute atomic E-state index is 1.07. The normalized spacial score (nSPS) is 8.62. The smallest absolute Gasteiger partial charge is 0.104 e. The van der Waals surface area contributed by atoms with Gasteiger partial charge < -0.3 is 4.42 Å². The van der Waals surface area contributed by atoms with Gasteiger partial charge in [0, 0.05) is 12.8 Å². The third-order valence-electron chi connectivity index (χ3n) is 1.71. The lowest BCUT2D eigenvalue weighted by Gasteiger charge is -1.92. The maximum Gasteiger partial charge on any atom is 0.104 e. The van der Waals surface area contributed by atoms with Crippen molar-refractivity contribution in [3.05, 3.63) is 23.7 Å². The molecule has 0 aliphatic carbocycles. The Kier molecular flexibility index (Phi) is 15.8. The maximum atomic E-state index is 5.56. The molecule has 1 heterocycles. The molecule has 1 aromatic rings. The van der Waals surface area contributed by atoms with Crippen molar-refractivity contribution in [2.75, 3.05) is 0 Å². The van der Waals surface area contributed by atoms with Crippen molar-refractivity contribution in [2.45, 2.75) is 73.6 Å². The van der Waals surface area contributed by atoms with Gasteiger partial charge >= 0.3 is 0 Å². The third-order valence-corrected chi connectivity index (χ3v) is 1.71. The fourth-order valence-electron chi connectivity index (χ4n) is 1.18. The largest absolute Gasteiger partial charge is 0.466 e. The molecule has 0 saturated heterocycles. The quantitative estimate of drug-likeness (QED) is 0.648. The molecule has 0 saturated carbocycles. The topological polar surface area (TPSA) is 13.1 Å². The highest BCUT2D eigenvalue weighted by Gasteiger charge is 1.98. The Morgan fingerprint density at radius 3 is 1.38 bits per heavy atom. The van der Waals surface area contributed by atoms with Gasteiger partial charge in [0.1, 0.15) is 11.5 Å². The Balaban J connectivity index is 0. The van der Waals surface area contributed by atoms with Crippen molar-refractivity contribution in [1.82, 2.24) is 0 Å². The van der Waals surface area contributed by atoms with Crippen LogP contribution in [0.5, 0.6) is 0 Å². The van der Waals surface area contributed by atoms with Gasteiger partial charge in [-0.1, -0.05) is 48.0 Å². The molecule has 1 rings (SSSR count). The van der Waals surface area contributed by atoms with Crippen molar-refractivity contribution >= 4 is 0 Å². The van der Waals surface area contributed by atoms with Gasteiger partial charge in [-0.3, -0.25) is 0 Å². The van der Waals surface area contributed by atoms with E-state index in [0.717, 1.165) is 24.4 Å². The molecule has 0 N–H and O–H groups in total. The van der Waals surface area contributed by atoms with Gasteiger partial charge in [-0.15, -0.1) is 0 Å². The van der Waals surface area contributed by atoms with Gasteiger partial charge in [-0.2, -0.15) is 0 Å². The fourth-order valence-corrected chi connectivity index (χ4v) is 1.18. The Labute approximate surface area is 102 Å². The monoisotopic (exact) mass is 226 g/mol. The second-order valence-electron chi connectivity index (χ2n) is 3.58. The number of furan rings is 1. The molecule has 0 atom stereocenters. The summed E-state index contributed by atoms with van der Waals surface area (Å²) >= 11 is 0.